The zero-order chi connectivity index (χ0) is 30.0. The Hall–Kier alpha value is -3.53. The van der Waals surface area contributed by atoms with Gasteiger partial charge in [0.25, 0.3) is 0 Å². The molecule has 10 heteroatoms. The van der Waals surface area contributed by atoms with Gasteiger partial charge in [-0.15, -0.1) is 0 Å². The van der Waals surface area contributed by atoms with E-state index in [1.165, 1.54) is 6.20 Å². The number of likely N-dealkylation sites (tertiary alicyclic amines) is 1. The van der Waals surface area contributed by atoms with Crippen molar-refractivity contribution in [3.05, 3.63) is 72.4 Å². The minimum atomic E-state index is -4.40. The fourth-order valence-corrected chi connectivity index (χ4v) is 7.11. The summed E-state index contributed by atoms with van der Waals surface area (Å²) in [7, 11) is 0. The first-order chi connectivity index (χ1) is 20.7. The molecule has 5 heterocycles. The van der Waals surface area contributed by atoms with E-state index in [9.17, 15) is 23.1 Å². The van der Waals surface area contributed by atoms with Crippen LogP contribution in [0.1, 0.15) is 62.6 Å². The number of nitrogens with zero attached hydrogens (tertiary/aromatic N) is 5. The van der Waals surface area contributed by atoms with Crippen LogP contribution in [0.3, 0.4) is 0 Å². The van der Waals surface area contributed by atoms with Gasteiger partial charge in [0.05, 0.1) is 11.3 Å². The van der Waals surface area contributed by atoms with Gasteiger partial charge < -0.3 is 14.9 Å². The van der Waals surface area contributed by atoms with Crippen molar-refractivity contribution < 1.29 is 23.1 Å². The second-order valence-electron chi connectivity index (χ2n) is 12.5. The number of rotatable bonds is 6. The molecule has 43 heavy (non-hydrogen) atoms. The summed E-state index contributed by atoms with van der Waals surface area (Å²) >= 11 is 0. The van der Waals surface area contributed by atoms with Gasteiger partial charge in [-0.25, -0.2) is 4.98 Å². The molecule has 2 saturated heterocycles. The molecule has 6 rings (SSSR count). The minimum Gasteiger partial charge on any atom is -0.384 e. The quantitative estimate of drug-likeness (QED) is 0.373. The standard InChI is InChI=1S/C33H38F3N5O2/c34-33(35,36)28-7-15-38-30(20-28)40-17-9-26(10-18-40)31(42)41-16-8-24(22-41)19-23-3-11-32(43,12-4-23)29-2-1-27(21-39-29)25-5-13-37-14-6-25/h1-2,5-7,13-15,20-21,23-24,26,43H,3-4,8-12,16-19,22H2. The summed E-state index contributed by atoms with van der Waals surface area (Å²) in [5, 5.41) is 11.4. The Bertz CT molecular complexity index is 1390. The monoisotopic (exact) mass is 593 g/mol. The van der Waals surface area contributed by atoms with Gasteiger partial charge in [0, 0.05) is 62.4 Å². The molecule has 2 aliphatic heterocycles. The molecule has 1 amide bonds. The molecule has 1 N–H and O–H groups in total. The van der Waals surface area contributed by atoms with Crippen LogP contribution in [0.4, 0.5) is 19.0 Å². The van der Waals surface area contributed by atoms with Gasteiger partial charge in [0.2, 0.25) is 5.91 Å². The number of hydrogen-bond acceptors (Lipinski definition) is 6. The number of aliphatic hydroxyl groups is 1. The highest BCUT2D eigenvalue weighted by Gasteiger charge is 2.39. The van der Waals surface area contributed by atoms with Crippen LogP contribution in [-0.4, -0.2) is 57.0 Å². The summed E-state index contributed by atoms with van der Waals surface area (Å²) in [5.41, 5.74) is 1.18. The van der Waals surface area contributed by atoms with Gasteiger partial charge in [-0.05, 0) is 99.1 Å². The Morgan fingerprint density at radius 3 is 2.30 bits per heavy atom. The Kier molecular flexibility index (Phi) is 8.40. The highest BCUT2D eigenvalue weighted by molar-refractivity contribution is 5.79. The lowest BCUT2D eigenvalue weighted by Gasteiger charge is -2.36. The van der Waals surface area contributed by atoms with Crippen LogP contribution in [0.15, 0.2) is 61.2 Å². The van der Waals surface area contributed by atoms with E-state index < -0.39 is 17.3 Å². The van der Waals surface area contributed by atoms with E-state index in [4.69, 9.17) is 0 Å². The van der Waals surface area contributed by atoms with Crippen molar-refractivity contribution in [2.45, 2.75) is 63.1 Å². The number of anilines is 1. The van der Waals surface area contributed by atoms with E-state index in [2.05, 4.69) is 15.0 Å². The third kappa shape index (κ3) is 6.69. The number of carbonyl (C=O) groups is 1. The SMILES string of the molecule is O=C(C1CCN(c2cc(C(F)(F)F)ccn2)CC1)N1CCC(CC2CCC(O)(c3ccc(-c4ccncc4)cn3)CC2)C1. The molecule has 0 radical (unpaired) electrons. The van der Waals surface area contributed by atoms with Crippen molar-refractivity contribution in [2.75, 3.05) is 31.1 Å². The fraction of sp³-hybridized carbons (Fsp3) is 0.515. The van der Waals surface area contributed by atoms with Crippen LogP contribution >= 0.6 is 0 Å². The molecular weight excluding hydrogens is 555 g/mol. The van der Waals surface area contributed by atoms with Crippen LogP contribution in [0.5, 0.6) is 0 Å². The van der Waals surface area contributed by atoms with Crippen molar-refractivity contribution >= 4 is 11.7 Å². The van der Waals surface area contributed by atoms with Crippen LogP contribution in [0.25, 0.3) is 11.1 Å². The number of piperidine rings is 1. The molecule has 3 aromatic rings. The van der Waals surface area contributed by atoms with E-state index in [1.807, 2.05) is 40.3 Å². The predicted molar refractivity (Wildman–Crippen MR) is 157 cm³/mol. The second kappa shape index (κ2) is 12.2. The first-order valence-electron chi connectivity index (χ1n) is 15.3. The highest BCUT2D eigenvalue weighted by atomic mass is 19.4. The molecule has 7 nitrogen and oxygen atoms in total. The van der Waals surface area contributed by atoms with Crippen molar-refractivity contribution in [3.8, 4) is 11.1 Å². The highest BCUT2D eigenvalue weighted by Crippen LogP contribution is 2.42. The van der Waals surface area contributed by atoms with E-state index in [0.717, 1.165) is 67.7 Å². The first-order valence-corrected chi connectivity index (χ1v) is 15.3. The average Bonchev–Trinajstić information content (AvgIpc) is 3.51. The van der Waals surface area contributed by atoms with E-state index in [0.29, 0.717) is 56.4 Å². The van der Waals surface area contributed by atoms with Gasteiger partial charge in [-0.1, -0.05) is 6.07 Å². The summed E-state index contributed by atoms with van der Waals surface area (Å²) in [6, 6.07) is 9.92. The largest absolute Gasteiger partial charge is 0.416 e. The van der Waals surface area contributed by atoms with Gasteiger partial charge in [0.1, 0.15) is 11.4 Å². The Balaban J connectivity index is 0.955. The lowest BCUT2D eigenvalue weighted by molar-refractivity contribution is -0.137. The average molecular weight is 594 g/mol. The molecule has 228 valence electrons. The van der Waals surface area contributed by atoms with Crippen LogP contribution < -0.4 is 4.90 Å². The molecular formula is C33H38F3N5O2. The molecule has 3 aromatic heterocycles. The van der Waals surface area contributed by atoms with Crippen LogP contribution in [0.2, 0.25) is 0 Å². The van der Waals surface area contributed by atoms with E-state index in [-0.39, 0.29) is 11.8 Å². The second-order valence-corrected chi connectivity index (χ2v) is 12.5. The number of halogens is 3. The normalized spacial score (nSPS) is 25.2. The number of hydrogen-bond donors (Lipinski definition) is 1. The summed E-state index contributed by atoms with van der Waals surface area (Å²) < 4.78 is 39.3. The minimum absolute atomic E-state index is 0.0945. The van der Waals surface area contributed by atoms with Crippen LogP contribution in [-0.2, 0) is 16.6 Å². The number of aromatic nitrogens is 3. The molecule has 1 atom stereocenters. The Labute approximate surface area is 250 Å². The third-order valence-corrected chi connectivity index (χ3v) is 9.69. The van der Waals surface area contributed by atoms with Crippen molar-refractivity contribution in [3.63, 3.8) is 0 Å². The van der Waals surface area contributed by atoms with Gasteiger partial charge in [-0.2, -0.15) is 13.2 Å². The smallest absolute Gasteiger partial charge is 0.384 e. The Morgan fingerprint density at radius 1 is 0.884 bits per heavy atom. The van der Waals surface area contributed by atoms with Crippen molar-refractivity contribution in [2.24, 2.45) is 17.8 Å². The zero-order valence-corrected chi connectivity index (χ0v) is 24.2. The molecule has 0 aromatic carbocycles. The molecule has 0 spiro atoms. The number of amides is 1. The zero-order valence-electron chi connectivity index (χ0n) is 24.2. The van der Waals surface area contributed by atoms with Crippen molar-refractivity contribution in [1.29, 1.82) is 0 Å². The van der Waals surface area contributed by atoms with Gasteiger partial charge >= 0.3 is 6.18 Å². The molecule has 3 aliphatic rings. The van der Waals surface area contributed by atoms with Crippen LogP contribution in [0, 0.1) is 17.8 Å². The number of alkyl halides is 3. The summed E-state index contributed by atoms with van der Waals surface area (Å²) in [6.45, 7) is 2.58. The third-order valence-electron chi connectivity index (χ3n) is 9.69. The summed E-state index contributed by atoms with van der Waals surface area (Å²) in [6.07, 6.45) is 8.70. The molecule has 0 bridgehead atoms. The first kappa shape index (κ1) is 29.5. The predicted octanol–water partition coefficient (Wildman–Crippen LogP) is 6.09. The van der Waals surface area contributed by atoms with E-state index in [1.54, 1.807) is 12.4 Å². The number of carbonyl (C=O) groups excluding carboxylic acids is 1. The molecule has 1 aliphatic carbocycles. The van der Waals surface area contributed by atoms with E-state index >= 15 is 0 Å². The maximum atomic E-state index is 13.3. The van der Waals surface area contributed by atoms with Gasteiger partial charge in [-0.3, -0.25) is 14.8 Å². The fourth-order valence-electron chi connectivity index (χ4n) is 7.11. The van der Waals surface area contributed by atoms with Gasteiger partial charge in [0.15, 0.2) is 0 Å². The summed E-state index contributed by atoms with van der Waals surface area (Å²) in [4.78, 5) is 30.0. The Morgan fingerprint density at radius 2 is 1.63 bits per heavy atom. The number of pyridine rings is 3. The molecule has 1 saturated carbocycles. The lowest BCUT2D eigenvalue weighted by Crippen LogP contribution is -2.42. The molecule has 1 unspecified atom stereocenters. The summed E-state index contributed by atoms with van der Waals surface area (Å²) in [5.74, 6) is 1.40. The van der Waals surface area contributed by atoms with Crippen molar-refractivity contribution in [1.82, 2.24) is 19.9 Å². The lowest BCUT2D eigenvalue weighted by atomic mass is 9.74. The maximum Gasteiger partial charge on any atom is 0.416 e. The maximum absolute atomic E-state index is 13.3. The molecule has 3 fully saturated rings. The topological polar surface area (TPSA) is 82.5 Å².